The SMILES string of the molecule is OC(CCCC1CCC2(CCCC2)O1)c1ccccc1. The summed E-state index contributed by atoms with van der Waals surface area (Å²) in [6, 6.07) is 9.98. The second kappa shape index (κ2) is 6.28. The molecule has 1 heterocycles. The largest absolute Gasteiger partial charge is 0.388 e. The van der Waals surface area contributed by atoms with Crippen molar-refractivity contribution < 1.29 is 9.84 Å². The van der Waals surface area contributed by atoms with E-state index < -0.39 is 0 Å². The van der Waals surface area contributed by atoms with Crippen molar-refractivity contribution in [3.05, 3.63) is 35.9 Å². The molecule has 3 rings (SSSR count). The Kier molecular flexibility index (Phi) is 4.42. The number of hydrogen-bond acceptors (Lipinski definition) is 2. The van der Waals surface area contributed by atoms with Crippen LogP contribution in [-0.4, -0.2) is 16.8 Å². The van der Waals surface area contributed by atoms with Crippen molar-refractivity contribution in [1.82, 2.24) is 0 Å². The molecule has 1 aromatic rings. The summed E-state index contributed by atoms with van der Waals surface area (Å²) in [7, 11) is 0. The molecular weight excluding hydrogens is 248 g/mol. The predicted molar refractivity (Wildman–Crippen MR) is 80.6 cm³/mol. The third kappa shape index (κ3) is 3.24. The first-order chi connectivity index (χ1) is 9.77. The van der Waals surface area contributed by atoms with Gasteiger partial charge in [0.1, 0.15) is 0 Å². The molecule has 2 unspecified atom stereocenters. The standard InChI is InChI=1S/C18H26O2/c19-17(15-7-2-1-3-8-15)10-6-9-16-11-14-18(20-16)12-4-5-13-18/h1-3,7-8,16-17,19H,4-6,9-14H2. The van der Waals surface area contributed by atoms with Crippen LogP contribution < -0.4 is 0 Å². The van der Waals surface area contributed by atoms with Crippen molar-refractivity contribution in [2.24, 2.45) is 0 Å². The Bertz CT molecular complexity index is 409. The maximum atomic E-state index is 10.2. The summed E-state index contributed by atoms with van der Waals surface area (Å²) in [4.78, 5) is 0. The molecule has 0 aromatic heterocycles. The zero-order valence-electron chi connectivity index (χ0n) is 12.3. The maximum absolute atomic E-state index is 10.2. The van der Waals surface area contributed by atoms with E-state index in [1.54, 1.807) is 0 Å². The number of hydrogen-bond donors (Lipinski definition) is 1. The minimum atomic E-state index is -0.321. The smallest absolute Gasteiger partial charge is 0.0790 e. The zero-order chi connectivity index (χ0) is 13.8. The normalized spacial score (nSPS) is 26.1. The van der Waals surface area contributed by atoms with Crippen LogP contribution in [-0.2, 0) is 4.74 Å². The van der Waals surface area contributed by atoms with Crippen LogP contribution in [0.2, 0.25) is 0 Å². The lowest BCUT2D eigenvalue weighted by atomic mass is 9.97. The Morgan fingerprint density at radius 1 is 1.15 bits per heavy atom. The molecule has 2 aliphatic rings. The molecule has 1 spiro atoms. The Morgan fingerprint density at radius 2 is 1.90 bits per heavy atom. The quantitative estimate of drug-likeness (QED) is 0.863. The fourth-order valence-electron chi connectivity index (χ4n) is 3.87. The van der Waals surface area contributed by atoms with E-state index in [0.29, 0.717) is 6.10 Å². The van der Waals surface area contributed by atoms with E-state index in [4.69, 9.17) is 4.74 Å². The van der Waals surface area contributed by atoms with Gasteiger partial charge in [-0.05, 0) is 50.5 Å². The monoisotopic (exact) mass is 274 g/mol. The lowest BCUT2D eigenvalue weighted by Crippen LogP contribution is -2.24. The molecule has 2 fully saturated rings. The molecule has 1 aromatic carbocycles. The molecule has 110 valence electrons. The molecular formula is C18H26O2. The van der Waals surface area contributed by atoms with Gasteiger partial charge in [0.25, 0.3) is 0 Å². The Hall–Kier alpha value is -0.860. The first-order valence-corrected chi connectivity index (χ1v) is 8.18. The van der Waals surface area contributed by atoms with Crippen LogP contribution in [0.3, 0.4) is 0 Å². The summed E-state index contributed by atoms with van der Waals surface area (Å²) < 4.78 is 6.32. The van der Waals surface area contributed by atoms with E-state index in [1.807, 2.05) is 30.3 Å². The summed E-state index contributed by atoms with van der Waals surface area (Å²) >= 11 is 0. The lowest BCUT2D eigenvalue weighted by Gasteiger charge is -2.24. The summed E-state index contributed by atoms with van der Waals surface area (Å²) in [5, 5.41) is 10.2. The van der Waals surface area contributed by atoms with Crippen LogP contribution in [0, 0.1) is 0 Å². The van der Waals surface area contributed by atoms with Gasteiger partial charge < -0.3 is 9.84 Å². The maximum Gasteiger partial charge on any atom is 0.0790 e. The highest BCUT2D eigenvalue weighted by atomic mass is 16.5. The van der Waals surface area contributed by atoms with E-state index in [-0.39, 0.29) is 11.7 Å². The van der Waals surface area contributed by atoms with Gasteiger partial charge in [-0.25, -0.2) is 0 Å². The molecule has 2 heteroatoms. The Labute approximate surface area is 122 Å². The van der Waals surface area contributed by atoms with Crippen molar-refractivity contribution in [3.63, 3.8) is 0 Å². The van der Waals surface area contributed by atoms with Gasteiger partial charge >= 0.3 is 0 Å². The Balaban J connectivity index is 1.40. The third-order valence-corrected chi connectivity index (χ3v) is 5.04. The molecule has 0 bridgehead atoms. The second-order valence-electron chi connectivity index (χ2n) is 6.53. The van der Waals surface area contributed by atoms with Crippen LogP contribution in [0.1, 0.15) is 69.5 Å². The summed E-state index contributed by atoms with van der Waals surface area (Å²) in [5.74, 6) is 0. The molecule has 0 amide bonds. The number of ether oxygens (including phenoxy) is 1. The number of benzene rings is 1. The van der Waals surface area contributed by atoms with Gasteiger partial charge in [0, 0.05) is 0 Å². The summed E-state index contributed by atoms with van der Waals surface area (Å²) in [6.07, 6.45) is 10.8. The number of aliphatic hydroxyl groups is 1. The fourth-order valence-corrected chi connectivity index (χ4v) is 3.87. The van der Waals surface area contributed by atoms with Gasteiger partial charge in [-0.1, -0.05) is 43.2 Å². The summed E-state index contributed by atoms with van der Waals surface area (Å²) in [5.41, 5.74) is 1.29. The van der Waals surface area contributed by atoms with Crippen molar-refractivity contribution in [1.29, 1.82) is 0 Å². The minimum Gasteiger partial charge on any atom is -0.388 e. The van der Waals surface area contributed by atoms with Gasteiger partial charge in [-0.15, -0.1) is 0 Å². The lowest BCUT2D eigenvalue weighted by molar-refractivity contribution is -0.0403. The molecule has 1 N–H and O–H groups in total. The highest BCUT2D eigenvalue weighted by molar-refractivity contribution is 5.17. The highest BCUT2D eigenvalue weighted by Gasteiger charge is 2.41. The Morgan fingerprint density at radius 3 is 2.65 bits per heavy atom. The van der Waals surface area contributed by atoms with Crippen molar-refractivity contribution in [2.45, 2.75) is 75.6 Å². The molecule has 20 heavy (non-hydrogen) atoms. The van der Waals surface area contributed by atoms with Gasteiger partial charge in [0.05, 0.1) is 17.8 Å². The summed E-state index contributed by atoms with van der Waals surface area (Å²) in [6.45, 7) is 0. The van der Waals surface area contributed by atoms with Crippen molar-refractivity contribution in [2.75, 3.05) is 0 Å². The average molecular weight is 274 g/mol. The van der Waals surface area contributed by atoms with Crippen LogP contribution in [0.15, 0.2) is 30.3 Å². The van der Waals surface area contributed by atoms with Crippen molar-refractivity contribution >= 4 is 0 Å². The van der Waals surface area contributed by atoms with E-state index in [2.05, 4.69) is 0 Å². The van der Waals surface area contributed by atoms with Gasteiger partial charge in [-0.3, -0.25) is 0 Å². The molecule has 2 nitrogen and oxygen atoms in total. The second-order valence-corrected chi connectivity index (χ2v) is 6.53. The van der Waals surface area contributed by atoms with Gasteiger partial charge in [0.2, 0.25) is 0 Å². The molecule has 2 atom stereocenters. The van der Waals surface area contributed by atoms with Crippen LogP contribution in [0.25, 0.3) is 0 Å². The fraction of sp³-hybridized carbons (Fsp3) is 0.667. The van der Waals surface area contributed by atoms with Crippen LogP contribution in [0.4, 0.5) is 0 Å². The topological polar surface area (TPSA) is 29.5 Å². The van der Waals surface area contributed by atoms with Gasteiger partial charge in [0.15, 0.2) is 0 Å². The molecule has 0 radical (unpaired) electrons. The zero-order valence-corrected chi connectivity index (χ0v) is 12.3. The molecule has 1 saturated heterocycles. The average Bonchev–Trinajstić information content (AvgIpc) is 3.10. The number of rotatable bonds is 5. The predicted octanol–water partition coefficient (Wildman–Crippen LogP) is 4.38. The minimum absolute atomic E-state index is 0.253. The molecule has 1 aliphatic heterocycles. The van der Waals surface area contributed by atoms with Crippen LogP contribution >= 0.6 is 0 Å². The van der Waals surface area contributed by atoms with Crippen molar-refractivity contribution in [3.8, 4) is 0 Å². The number of aliphatic hydroxyl groups excluding tert-OH is 1. The first kappa shape index (κ1) is 14.1. The van der Waals surface area contributed by atoms with E-state index in [1.165, 1.54) is 38.5 Å². The molecule has 1 saturated carbocycles. The molecule has 1 aliphatic carbocycles. The van der Waals surface area contributed by atoms with Crippen LogP contribution in [0.5, 0.6) is 0 Å². The van der Waals surface area contributed by atoms with Gasteiger partial charge in [-0.2, -0.15) is 0 Å². The first-order valence-electron chi connectivity index (χ1n) is 8.18. The van der Waals surface area contributed by atoms with E-state index in [9.17, 15) is 5.11 Å². The van der Waals surface area contributed by atoms with E-state index >= 15 is 0 Å². The van der Waals surface area contributed by atoms with E-state index in [0.717, 1.165) is 24.8 Å². The third-order valence-electron chi connectivity index (χ3n) is 5.04. The highest BCUT2D eigenvalue weighted by Crippen LogP contribution is 2.44.